The highest BCUT2D eigenvalue weighted by atomic mass is 32.1. The third-order valence-corrected chi connectivity index (χ3v) is 6.29. The number of halogens is 1. The number of fused-ring (bicyclic) bond motifs is 1. The number of carbonyl (C=O) groups is 2. The summed E-state index contributed by atoms with van der Waals surface area (Å²) in [6, 6.07) is 7.46. The molecule has 0 bridgehead atoms. The van der Waals surface area contributed by atoms with Gasteiger partial charge in [-0.25, -0.2) is 9.18 Å². The van der Waals surface area contributed by atoms with E-state index < -0.39 is 5.54 Å². The van der Waals surface area contributed by atoms with Crippen LogP contribution in [0.3, 0.4) is 0 Å². The van der Waals surface area contributed by atoms with Crippen LogP contribution in [0.4, 0.5) is 9.18 Å². The van der Waals surface area contributed by atoms with Gasteiger partial charge in [-0.1, -0.05) is 6.07 Å². The maximum Gasteiger partial charge on any atom is 0.318 e. The van der Waals surface area contributed by atoms with Crippen molar-refractivity contribution in [1.82, 2.24) is 15.1 Å². The summed E-state index contributed by atoms with van der Waals surface area (Å²) in [5.74, 6) is -0.0766. The summed E-state index contributed by atoms with van der Waals surface area (Å²) in [5.41, 5.74) is 0.549. The van der Waals surface area contributed by atoms with Crippen LogP contribution < -0.4 is 10.1 Å². The van der Waals surface area contributed by atoms with Gasteiger partial charge < -0.3 is 19.9 Å². The molecule has 1 aromatic heterocycles. The highest BCUT2D eigenvalue weighted by Gasteiger charge is 2.35. The normalized spacial score (nSPS) is 15.9. The Kier molecular flexibility index (Phi) is 7.20. The Hall–Kier alpha value is -2.61. The van der Waals surface area contributed by atoms with E-state index in [1.165, 1.54) is 17.0 Å². The fourth-order valence-electron chi connectivity index (χ4n) is 3.69. The monoisotopic (exact) mass is 447 g/mol. The van der Waals surface area contributed by atoms with E-state index >= 15 is 0 Å². The molecule has 1 aliphatic heterocycles. The molecule has 0 saturated carbocycles. The van der Waals surface area contributed by atoms with Crippen molar-refractivity contribution in [3.05, 3.63) is 52.0 Å². The van der Waals surface area contributed by atoms with Crippen LogP contribution >= 0.6 is 11.3 Å². The second kappa shape index (κ2) is 9.68. The van der Waals surface area contributed by atoms with Gasteiger partial charge in [-0.3, -0.25) is 4.79 Å². The van der Waals surface area contributed by atoms with Gasteiger partial charge >= 0.3 is 6.03 Å². The molecule has 1 N–H and O–H groups in total. The molecule has 168 valence electrons. The van der Waals surface area contributed by atoms with E-state index in [9.17, 15) is 14.0 Å². The van der Waals surface area contributed by atoms with E-state index in [0.29, 0.717) is 18.8 Å². The molecule has 0 fully saturated rings. The average Bonchev–Trinajstić information content (AvgIpc) is 3.18. The van der Waals surface area contributed by atoms with Crippen molar-refractivity contribution >= 4 is 23.3 Å². The van der Waals surface area contributed by atoms with Crippen LogP contribution in [-0.2, 0) is 11.2 Å². The molecule has 0 aliphatic carbocycles. The van der Waals surface area contributed by atoms with Crippen LogP contribution in [-0.4, -0.2) is 53.5 Å². The van der Waals surface area contributed by atoms with Crippen molar-refractivity contribution in [3.63, 3.8) is 0 Å². The van der Waals surface area contributed by atoms with E-state index in [1.54, 1.807) is 33.3 Å². The topological polar surface area (TPSA) is 61.9 Å². The lowest BCUT2D eigenvalue weighted by Gasteiger charge is -2.40. The van der Waals surface area contributed by atoms with Crippen molar-refractivity contribution in [2.45, 2.75) is 45.7 Å². The summed E-state index contributed by atoms with van der Waals surface area (Å²) in [4.78, 5) is 30.5. The number of benzene rings is 1. The Morgan fingerprint density at radius 2 is 2.10 bits per heavy atom. The number of hydrogen-bond acceptors (Lipinski definition) is 4. The second-order valence-electron chi connectivity index (χ2n) is 8.51. The van der Waals surface area contributed by atoms with Crippen LogP contribution in [0.5, 0.6) is 5.75 Å². The number of nitrogens with one attached hydrogen (secondary N) is 1. The molecule has 0 radical (unpaired) electrons. The van der Waals surface area contributed by atoms with E-state index in [1.807, 2.05) is 39.1 Å². The minimum atomic E-state index is -0.508. The predicted molar refractivity (Wildman–Crippen MR) is 120 cm³/mol. The maximum atomic E-state index is 13.5. The standard InChI is InChI=1S/C23H30FN3O3S/c1-5-25-22(29)27(23(2,3)4)14-21(28)26-11-9-20-18(10-12-31-20)19(26)15-30-17-8-6-7-16(24)13-17/h6-8,10,12-13,19H,5,9,11,14-15H2,1-4H3,(H,25,29). The molecular weight excluding hydrogens is 417 g/mol. The number of amides is 3. The van der Waals surface area contributed by atoms with Gasteiger partial charge in [0.15, 0.2) is 0 Å². The van der Waals surface area contributed by atoms with Gasteiger partial charge in [-0.15, -0.1) is 11.3 Å². The molecule has 31 heavy (non-hydrogen) atoms. The molecule has 2 aromatic rings. The molecule has 1 atom stereocenters. The lowest BCUT2D eigenvalue weighted by molar-refractivity contribution is -0.136. The van der Waals surface area contributed by atoms with Crippen LogP contribution in [0.2, 0.25) is 0 Å². The Balaban J connectivity index is 1.80. The third kappa shape index (κ3) is 5.55. The first kappa shape index (κ1) is 23.1. The fraction of sp³-hybridized carbons (Fsp3) is 0.478. The number of ether oxygens (including phenoxy) is 1. The van der Waals surface area contributed by atoms with E-state index in [-0.39, 0.29) is 36.9 Å². The average molecular weight is 448 g/mol. The highest BCUT2D eigenvalue weighted by Crippen LogP contribution is 2.34. The number of urea groups is 1. The second-order valence-corrected chi connectivity index (χ2v) is 9.51. The van der Waals surface area contributed by atoms with Gasteiger partial charge in [0.05, 0.1) is 6.04 Å². The van der Waals surface area contributed by atoms with Gasteiger partial charge in [0.25, 0.3) is 0 Å². The van der Waals surface area contributed by atoms with Crippen molar-refractivity contribution < 1.29 is 18.7 Å². The van der Waals surface area contributed by atoms with Crippen LogP contribution in [0, 0.1) is 5.82 Å². The van der Waals surface area contributed by atoms with Crippen LogP contribution in [0.25, 0.3) is 0 Å². The van der Waals surface area contributed by atoms with Crippen LogP contribution in [0.15, 0.2) is 35.7 Å². The Morgan fingerprint density at radius 3 is 2.77 bits per heavy atom. The molecule has 3 rings (SSSR count). The molecule has 0 saturated heterocycles. The lowest BCUT2D eigenvalue weighted by Crippen LogP contribution is -2.55. The van der Waals surface area contributed by atoms with Crippen molar-refractivity contribution in [2.24, 2.45) is 0 Å². The third-order valence-electron chi connectivity index (χ3n) is 5.30. The molecule has 1 unspecified atom stereocenters. The first-order chi connectivity index (χ1) is 14.7. The molecule has 3 amide bonds. The summed E-state index contributed by atoms with van der Waals surface area (Å²) in [6.45, 7) is 8.82. The summed E-state index contributed by atoms with van der Waals surface area (Å²) in [6.07, 6.45) is 0.770. The molecular formula is C23H30FN3O3S. The van der Waals surface area contributed by atoms with Gasteiger partial charge in [-0.2, -0.15) is 0 Å². The smallest absolute Gasteiger partial charge is 0.318 e. The first-order valence-corrected chi connectivity index (χ1v) is 11.4. The Morgan fingerprint density at radius 1 is 1.32 bits per heavy atom. The highest BCUT2D eigenvalue weighted by molar-refractivity contribution is 7.10. The summed E-state index contributed by atoms with van der Waals surface area (Å²) >= 11 is 1.67. The Labute approximate surface area is 187 Å². The number of carbonyl (C=O) groups excluding carboxylic acids is 2. The van der Waals surface area contributed by atoms with Gasteiger partial charge in [0.2, 0.25) is 5.91 Å². The minimum absolute atomic E-state index is 0.0226. The minimum Gasteiger partial charge on any atom is -0.491 e. The largest absolute Gasteiger partial charge is 0.491 e. The van der Waals surface area contributed by atoms with Gasteiger partial charge in [0.1, 0.15) is 24.7 Å². The maximum absolute atomic E-state index is 13.5. The predicted octanol–water partition coefficient (Wildman–Crippen LogP) is 4.22. The molecule has 1 aliphatic rings. The number of rotatable bonds is 6. The number of nitrogens with zero attached hydrogens (tertiary/aromatic N) is 2. The quantitative estimate of drug-likeness (QED) is 0.721. The van der Waals surface area contributed by atoms with Crippen molar-refractivity contribution in [3.8, 4) is 5.75 Å². The Bertz CT molecular complexity index is 925. The lowest BCUT2D eigenvalue weighted by atomic mass is 10.00. The van der Waals surface area contributed by atoms with Crippen molar-refractivity contribution in [2.75, 3.05) is 26.2 Å². The molecule has 8 heteroatoms. The van der Waals surface area contributed by atoms with Gasteiger partial charge in [0, 0.05) is 29.6 Å². The number of hydrogen-bond donors (Lipinski definition) is 1. The first-order valence-electron chi connectivity index (χ1n) is 10.5. The number of thiophene rings is 1. The SMILES string of the molecule is CCNC(=O)N(CC(=O)N1CCc2sccc2C1COc1cccc(F)c1)C(C)(C)C. The van der Waals surface area contributed by atoms with E-state index in [4.69, 9.17) is 4.74 Å². The molecule has 6 nitrogen and oxygen atoms in total. The zero-order valence-corrected chi connectivity index (χ0v) is 19.3. The van der Waals surface area contributed by atoms with Gasteiger partial charge in [-0.05, 0) is 63.3 Å². The fourth-order valence-corrected chi connectivity index (χ4v) is 4.62. The zero-order chi connectivity index (χ0) is 22.6. The zero-order valence-electron chi connectivity index (χ0n) is 18.5. The molecule has 1 aromatic carbocycles. The van der Waals surface area contributed by atoms with E-state index in [2.05, 4.69) is 5.32 Å². The molecule has 2 heterocycles. The van der Waals surface area contributed by atoms with Crippen LogP contribution in [0.1, 0.15) is 44.2 Å². The summed E-state index contributed by atoms with van der Waals surface area (Å²) in [7, 11) is 0. The van der Waals surface area contributed by atoms with E-state index in [0.717, 1.165) is 12.0 Å². The summed E-state index contributed by atoms with van der Waals surface area (Å²) in [5, 5.41) is 4.81. The molecule has 0 spiro atoms. The van der Waals surface area contributed by atoms with Crippen molar-refractivity contribution in [1.29, 1.82) is 0 Å². The summed E-state index contributed by atoms with van der Waals surface area (Å²) < 4.78 is 19.4.